The molecule has 1 unspecified atom stereocenters. The van der Waals surface area contributed by atoms with Gasteiger partial charge < -0.3 is 9.97 Å². The van der Waals surface area contributed by atoms with Crippen LogP contribution < -0.4 is 10.4 Å². The summed E-state index contributed by atoms with van der Waals surface area (Å²) >= 11 is 0. The summed E-state index contributed by atoms with van der Waals surface area (Å²) in [6, 6.07) is 23.3. The molecule has 0 aliphatic carbocycles. The second kappa shape index (κ2) is 7.46. The Kier molecular flexibility index (Phi) is 4.85. The van der Waals surface area contributed by atoms with Crippen molar-refractivity contribution in [3.63, 3.8) is 0 Å². The molecule has 0 amide bonds. The molecule has 0 bridgehead atoms. The summed E-state index contributed by atoms with van der Waals surface area (Å²) in [5.74, 6) is 0. The first kappa shape index (κ1) is 18.2. The smallest absolute Gasteiger partial charge is 0.306 e. The van der Waals surface area contributed by atoms with E-state index in [9.17, 15) is 13.2 Å². The van der Waals surface area contributed by atoms with E-state index in [0.717, 1.165) is 11.1 Å². The minimum absolute atomic E-state index is 0.101. The number of fused-ring (bicyclic) bond motifs is 1. The largest absolute Gasteiger partial charge is 0.323 e. The first-order valence-corrected chi connectivity index (χ1v) is 10.3. The van der Waals surface area contributed by atoms with Crippen molar-refractivity contribution in [1.29, 1.82) is 0 Å². The van der Waals surface area contributed by atoms with Gasteiger partial charge in [-0.05, 0) is 35.7 Å². The molecule has 4 rings (SSSR count). The Morgan fingerprint density at radius 3 is 2.18 bits per heavy atom. The molecular formula is C21H19N3O3S. The molecule has 0 fully saturated rings. The van der Waals surface area contributed by atoms with E-state index in [0.29, 0.717) is 17.5 Å². The summed E-state index contributed by atoms with van der Waals surface area (Å²) < 4.78 is 28.9. The normalized spacial score (nSPS) is 12.9. The molecule has 1 heterocycles. The van der Waals surface area contributed by atoms with Gasteiger partial charge in [0.05, 0.1) is 22.0 Å². The lowest BCUT2D eigenvalue weighted by atomic mass is 10.00. The first-order valence-electron chi connectivity index (χ1n) is 8.84. The van der Waals surface area contributed by atoms with Crippen LogP contribution in [-0.2, 0) is 16.4 Å². The van der Waals surface area contributed by atoms with Gasteiger partial charge in [-0.3, -0.25) is 0 Å². The molecular weight excluding hydrogens is 374 g/mol. The van der Waals surface area contributed by atoms with Crippen LogP contribution in [0.3, 0.4) is 0 Å². The molecule has 0 saturated heterocycles. The number of rotatable bonds is 6. The van der Waals surface area contributed by atoms with E-state index >= 15 is 0 Å². The maximum absolute atomic E-state index is 13.0. The monoisotopic (exact) mass is 393 g/mol. The van der Waals surface area contributed by atoms with E-state index in [2.05, 4.69) is 14.7 Å². The summed E-state index contributed by atoms with van der Waals surface area (Å²) in [5, 5.41) is 0. The van der Waals surface area contributed by atoms with Gasteiger partial charge in [-0.1, -0.05) is 60.7 Å². The van der Waals surface area contributed by atoms with E-state index in [1.807, 2.05) is 60.7 Å². The predicted octanol–water partition coefficient (Wildman–Crippen LogP) is 3.12. The van der Waals surface area contributed by atoms with Gasteiger partial charge in [0.15, 0.2) is 0 Å². The second-order valence-electron chi connectivity index (χ2n) is 6.56. The van der Waals surface area contributed by atoms with Crippen molar-refractivity contribution < 1.29 is 8.42 Å². The molecule has 142 valence electrons. The van der Waals surface area contributed by atoms with Gasteiger partial charge in [0.25, 0.3) is 0 Å². The lowest BCUT2D eigenvalue weighted by molar-refractivity contribution is 0.555. The van der Waals surface area contributed by atoms with Crippen LogP contribution in [0.5, 0.6) is 0 Å². The van der Waals surface area contributed by atoms with Crippen molar-refractivity contribution in [3.05, 3.63) is 100 Å². The first-order chi connectivity index (χ1) is 13.5. The average molecular weight is 393 g/mol. The molecule has 28 heavy (non-hydrogen) atoms. The highest BCUT2D eigenvalue weighted by atomic mass is 32.2. The van der Waals surface area contributed by atoms with Gasteiger partial charge >= 0.3 is 5.69 Å². The van der Waals surface area contributed by atoms with Gasteiger partial charge in [0.2, 0.25) is 10.0 Å². The number of nitrogens with one attached hydrogen (secondary N) is 3. The van der Waals surface area contributed by atoms with Crippen molar-refractivity contribution in [3.8, 4) is 0 Å². The number of imidazole rings is 1. The molecule has 0 aliphatic rings. The zero-order valence-electron chi connectivity index (χ0n) is 14.9. The van der Waals surface area contributed by atoms with Gasteiger partial charge in [-0.25, -0.2) is 17.9 Å². The maximum Gasteiger partial charge on any atom is 0.323 e. The van der Waals surface area contributed by atoms with Crippen molar-refractivity contribution in [1.82, 2.24) is 14.7 Å². The standard InChI is InChI=1S/C21H19N3O3S/c25-21-22-18-12-11-17(14-20(18)23-21)28(26,27)24-19(16-9-5-2-6-10-16)13-15-7-3-1-4-8-15/h1-12,14,19,24H,13H2,(H2,22,23,25). The molecule has 1 aromatic heterocycles. The third kappa shape index (κ3) is 3.90. The lowest BCUT2D eigenvalue weighted by Gasteiger charge is -2.19. The van der Waals surface area contributed by atoms with Crippen LogP contribution in [0, 0.1) is 0 Å². The molecule has 1 atom stereocenters. The number of H-pyrrole nitrogens is 2. The maximum atomic E-state index is 13.0. The van der Waals surface area contributed by atoms with Gasteiger partial charge in [0.1, 0.15) is 0 Å². The number of benzene rings is 3. The molecule has 3 N–H and O–H groups in total. The van der Waals surface area contributed by atoms with E-state index in [-0.39, 0.29) is 10.6 Å². The zero-order valence-corrected chi connectivity index (χ0v) is 15.7. The quantitative estimate of drug-likeness (QED) is 0.470. The molecule has 0 spiro atoms. The molecule has 0 saturated carbocycles. The number of sulfonamides is 1. The van der Waals surface area contributed by atoms with Crippen LogP contribution in [-0.4, -0.2) is 18.4 Å². The predicted molar refractivity (Wildman–Crippen MR) is 109 cm³/mol. The summed E-state index contributed by atoms with van der Waals surface area (Å²) in [5.41, 5.74) is 2.55. The third-order valence-corrected chi connectivity index (χ3v) is 6.05. The Morgan fingerprint density at radius 1 is 0.821 bits per heavy atom. The van der Waals surface area contributed by atoms with Crippen molar-refractivity contribution in [2.24, 2.45) is 0 Å². The second-order valence-corrected chi connectivity index (χ2v) is 8.27. The van der Waals surface area contributed by atoms with Crippen molar-refractivity contribution in [2.45, 2.75) is 17.4 Å². The lowest BCUT2D eigenvalue weighted by Crippen LogP contribution is -2.30. The van der Waals surface area contributed by atoms with Crippen molar-refractivity contribution in [2.75, 3.05) is 0 Å². The SMILES string of the molecule is O=c1[nH]c2ccc(S(=O)(=O)NC(Cc3ccccc3)c3ccccc3)cc2[nH]1. The van der Waals surface area contributed by atoms with Gasteiger partial charge in [-0.15, -0.1) is 0 Å². The van der Waals surface area contributed by atoms with E-state index < -0.39 is 16.1 Å². The fourth-order valence-electron chi connectivity index (χ4n) is 3.20. The fourth-order valence-corrected chi connectivity index (χ4v) is 4.45. The Hall–Kier alpha value is -3.16. The third-order valence-electron chi connectivity index (χ3n) is 4.58. The number of aromatic amines is 2. The van der Waals surface area contributed by atoms with Crippen LogP contribution in [0.2, 0.25) is 0 Å². The fraction of sp³-hybridized carbons (Fsp3) is 0.0952. The number of hydrogen-bond donors (Lipinski definition) is 3. The zero-order chi connectivity index (χ0) is 19.6. The van der Waals surface area contributed by atoms with Crippen LogP contribution in [0.1, 0.15) is 17.2 Å². The van der Waals surface area contributed by atoms with Crippen LogP contribution in [0.4, 0.5) is 0 Å². The van der Waals surface area contributed by atoms with Crippen LogP contribution in [0.25, 0.3) is 11.0 Å². The van der Waals surface area contributed by atoms with Crippen LogP contribution >= 0.6 is 0 Å². The van der Waals surface area contributed by atoms with E-state index in [1.165, 1.54) is 12.1 Å². The Labute approximate surface area is 162 Å². The summed E-state index contributed by atoms with van der Waals surface area (Å²) in [4.78, 5) is 16.7. The Balaban J connectivity index is 1.68. The topological polar surface area (TPSA) is 94.8 Å². The number of hydrogen-bond acceptors (Lipinski definition) is 3. The Bertz CT molecular complexity index is 1250. The summed E-state index contributed by atoms with van der Waals surface area (Å²) in [6.45, 7) is 0. The molecule has 0 aliphatic heterocycles. The van der Waals surface area contributed by atoms with Gasteiger partial charge in [0, 0.05) is 0 Å². The molecule has 3 aromatic carbocycles. The highest BCUT2D eigenvalue weighted by molar-refractivity contribution is 7.89. The number of aromatic nitrogens is 2. The van der Waals surface area contributed by atoms with Crippen molar-refractivity contribution >= 4 is 21.1 Å². The summed E-state index contributed by atoms with van der Waals surface area (Å²) in [6.07, 6.45) is 0.521. The molecule has 0 radical (unpaired) electrons. The molecule has 7 heteroatoms. The summed E-state index contributed by atoms with van der Waals surface area (Å²) in [7, 11) is -3.80. The van der Waals surface area contributed by atoms with E-state index in [1.54, 1.807) is 6.07 Å². The average Bonchev–Trinajstić information content (AvgIpc) is 3.08. The molecule has 6 nitrogen and oxygen atoms in total. The molecule has 4 aromatic rings. The van der Waals surface area contributed by atoms with Crippen LogP contribution in [0.15, 0.2) is 88.6 Å². The minimum atomic E-state index is -3.80. The van der Waals surface area contributed by atoms with Gasteiger partial charge in [-0.2, -0.15) is 0 Å². The Morgan fingerprint density at radius 2 is 1.46 bits per heavy atom. The van der Waals surface area contributed by atoms with E-state index in [4.69, 9.17) is 0 Å². The highest BCUT2D eigenvalue weighted by Crippen LogP contribution is 2.22. The highest BCUT2D eigenvalue weighted by Gasteiger charge is 2.22. The minimum Gasteiger partial charge on any atom is -0.306 e.